The molecular weight excluding hydrogens is 901 g/mol. The Balaban J connectivity index is 1.08. The van der Waals surface area contributed by atoms with E-state index in [0.717, 1.165) is 61.3 Å². The number of rotatable bonds is 8. The highest BCUT2D eigenvalue weighted by Gasteiger charge is 2.24. The van der Waals surface area contributed by atoms with Gasteiger partial charge in [-0.05, 0) is 152 Å². The molecule has 0 unspecified atom stereocenters. The summed E-state index contributed by atoms with van der Waals surface area (Å²) in [5, 5.41) is 4.76. The van der Waals surface area contributed by atoms with Crippen LogP contribution in [0, 0.1) is 41.5 Å². The predicted molar refractivity (Wildman–Crippen MR) is 307 cm³/mol. The SMILES string of the molecule is Cc1cc(C)c(-c2ccc3c(c2)c2ccccc2n3-c2ccc(-c3nc(-c4ccccc4)nc(-c4ccccc4)n3)c(-c3cnccc3-n3c4ccccc4c4cc(-c5c(C)cc(C)cc5C)ccc43)c2)c(C)c1. The molecule has 0 aliphatic heterocycles. The average Bonchev–Trinajstić information content (AvgIpc) is 3.93. The average molecular weight is 953 g/mol. The highest BCUT2D eigenvalue weighted by atomic mass is 15.0. The van der Waals surface area contributed by atoms with E-state index in [1.807, 2.05) is 48.8 Å². The molecule has 0 aliphatic rings. The fourth-order valence-corrected chi connectivity index (χ4v) is 11.9. The normalized spacial score (nSPS) is 11.6. The molecule has 0 amide bonds. The molecule has 0 saturated carbocycles. The van der Waals surface area contributed by atoms with Crippen molar-refractivity contribution < 1.29 is 0 Å². The molecule has 13 rings (SSSR count). The van der Waals surface area contributed by atoms with Crippen LogP contribution in [0.5, 0.6) is 0 Å². The number of benzene rings is 9. The third-order valence-electron chi connectivity index (χ3n) is 14.8. The second-order valence-corrected chi connectivity index (χ2v) is 19.9. The summed E-state index contributed by atoms with van der Waals surface area (Å²) < 4.78 is 4.81. The number of hydrogen-bond acceptors (Lipinski definition) is 4. The van der Waals surface area contributed by atoms with E-state index < -0.39 is 0 Å². The lowest BCUT2D eigenvalue weighted by Crippen LogP contribution is -2.04. The van der Waals surface area contributed by atoms with Crippen molar-refractivity contribution in [3.05, 3.63) is 240 Å². The number of nitrogens with zero attached hydrogens (tertiary/aromatic N) is 6. The molecule has 13 aromatic rings. The van der Waals surface area contributed by atoms with Gasteiger partial charge in [-0.3, -0.25) is 4.98 Å². The number of fused-ring (bicyclic) bond motifs is 6. The molecule has 4 aromatic heterocycles. The van der Waals surface area contributed by atoms with Gasteiger partial charge >= 0.3 is 0 Å². The van der Waals surface area contributed by atoms with Crippen molar-refractivity contribution in [2.45, 2.75) is 41.5 Å². The number of para-hydroxylation sites is 2. The Hall–Kier alpha value is -9.26. The van der Waals surface area contributed by atoms with E-state index in [2.05, 4.69) is 208 Å². The maximum Gasteiger partial charge on any atom is 0.164 e. The molecule has 0 aliphatic carbocycles. The van der Waals surface area contributed by atoms with Crippen molar-refractivity contribution in [3.8, 4) is 78.9 Å². The molecule has 0 radical (unpaired) electrons. The summed E-state index contributed by atoms with van der Waals surface area (Å²) in [7, 11) is 0. The third kappa shape index (κ3) is 7.49. The summed E-state index contributed by atoms with van der Waals surface area (Å²) in [6, 6.07) is 69.8. The van der Waals surface area contributed by atoms with Gasteiger partial charge in [-0.25, -0.2) is 15.0 Å². The summed E-state index contributed by atoms with van der Waals surface area (Å²) in [4.78, 5) is 20.7. The van der Waals surface area contributed by atoms with Crippen molar-refractivity contribution >= 4 is 43.6 Å². The van der Waals surface area contributed by atoms with E-state index >= 15 is 0 Å². The van der Waals surface area contributed by atoms with Gasteiger partial charge in [0.1, 0.15) is 0 Å². The summed E-state index contributed by atoms with van der Waals surface area (Å²) >= 11 is 0. The largest absolute Gasteiger partial charge is 0.309 e. The number of aromatic nitrogens is 6. The van der Waals surface area contributed by atoms with Crippen LogP contribution >= 0.6 is 0 Å². The van der Waals surface area contributed by atoms with Gasteiger partial charge in [0.15, 0.2) is 17.5 Å². The first-order chi connectivity index (χ1) is 36.2. The molecule has 0 N–H and O–H groups in total. The highest BCUT2D eigenvalue weighted by Crippen LogP contribution is 2.44. The van der Waals surface area contributed by atoms with Gasteiger partial charge in [-0.1, -0.05) is 145 Å². The van der Waals surface area contributed by atoms with Crippen molar-refractivity contribution in [2.24, 2.45) is 0 Å². The van der Waals surface area contributed by atoms with Crippen LogP contribution in [0.3, 0.4) is 0 Å². The lowest BCUT2D eigenvalue weighted by molar-refractivity contribution is 1.07. The van der Waals surface area contributed by atoms with Crippen LogP contribution in [0.15, 0.2) is 207 Å². The number of hydrogen-bond donors (Lipinski definition) is 0. The zero-order chi connectivity index (χ0) is 50.2. The quantitative estimate of drug-likeness (QED) is 0.152. The monoisotopic (exact) mass is 952 g/mol. The van der Waals surface area contributed by atoms with E-state index in [1.165, 1.54) is 77.2 Å². The Labute approximate surface area is 431 Å². The smallest absolute Gasteiger partial charge is 0.164 e. The summed E-state index contributed by atoms with van der Waals surface area (Å²) in [6.45, 7) is 13.2. The topological polar surface area (TPSA) is 61.4 Å². The molecule has 6 heteroatoms. The lowest BCUT2D eigenvalue weighted by Gasteiger charge is -2.19. The molecule has 0 atom stereocenters. The number of pyridine rings is 1. The highest BCUT2D eigenvalue weighted by molar-refractivity contribution is 6.12. The first kappa shape index (κ1) is 44.7. The van der Waals surface area contributed by atoms with Crippen LogP contribution < -0.4 is 0 Å². The predicted octanol–water partition coefficient (Wildman–Crippen LogP) is 17.3. The maximum atomic E-state index is 5.33. The van der Waals surface area contributed by atoms with Crippen LogP contribution in [0.25, 0.3) is 123 Å². The summed E-state index contributed by atoms with van der Waals surface area (Å²) in [5.74, 6) is 1.77. The molecule has 74 heavy (non-hydrogen) atoms. The van der Waals surface area contributed by atoms with E-state index in [1.54, 1.807) is 0 Å². The molecule has 0 saturated heterocycles. The minimum atomic E-state index is 0.570. The minimum Gasteiger partial charge on any atom is -0.309 e. The summed E-state index contributed by atoms with van der Waals surface area (Å²) in [6.07, 6.45) is 3.91. The standard InChI is InChI=1S/C68H52N6/c1-41-33-43(3)64(44(4)34-41)49-25-29-61-56(37-49)52-21-13-15-23-59(52)73(61)51-27-28-54(68-71-66(47-17-9-7-10-18-47)70-67(72-68)48-19-11-8-12-20-48)55(39-51)58-40-69-32-31-63(58)74-60-24-16-14-22-53(60)57-38-50(26-30-62(57)74)65-45(5)35-42(2)36-46(65)6/h7-40H,1-6H3. The van der Waals surface area contributed by atoms with Gasteiger partial charge in [0.2, 0.25) is 0 Å². The van der Waals surface area contributed by atoms with Gasteiger partial charge < -0.3 is 9.13 Å². The van der Waals surface area contributed by atoms with Gasteiger partial charge in [-0.15, -0.1) is 0 Å². The van der Waals surface area contributed by atoms with E-state index in [4.69, 9.17) is 19.9 Å². The van der Waals surface area contributed by atoms with Gasteiger partial charge in [0.05, 0.1) is 27.8 Å². The third-order valence-corrected chi connectivity index (χ3v) is 14.8. The van der Waals surface area contributed by atoms with Crippen LogP contribution in [0.1, 0.15) is 33.4 Å². The van der Waals surface area contributed by atoms with E-state index in [9.17, 15) is 0 Å². The van der Waals surface area contributed by atoms with E-state index in [-0.39, 0.29) is 0 Å². The van der Waals surface area contributed by atoms with Crippen LogP contribution in [0.4, 0.5) is 0 Å². The second kappa shape index (κ2) is 17.8. The van der Waals surface area contributed by atoms with Crippen molar-refractivity contribution in [1.29, 1.82) is 0 Å². The summed E-state index contributed by atoms with van der Waals surface area (Å²) in [5.41, 5.74) is 23.7. The number of aryl methyl sites for hydroxylation is 6. The Morgan fingerprint density at radius 2 is 0.784 bits per heavy atom. The van der Waals surface area contributed by atoms with Crippen molar-refractivity contribution in [3.63, 3.8) is 0 Å². The Bertz CT molecular complexity index is 4270. The minimum absolute atomic E-state index is 0.570. The molecule has 0 fully saturated rings. The molecule has 0 bridgehead atoms. The lowest BCUT2D eigenvalue weighted by atomic mass is 9.93. The molecule has 354 valence electrons. The molecule has 0 spiro atoms. The van der Waals surface area contributed by atoms with Crippen LogP contribution in [0.2, 0.25) is 0 Å². The Kier molecular flexibility index (Phi) is 10.7. The Morgan fingerprint density at radius 1 is 0.324 bits per heavy atom. The second-order valence-electron chi connectivity index (χ2n) is 19.9. The van der Waals surface area contributed by atoms with Crippen LogP contribution in [-0.2, 0) is 0 Å². The van der Waals surface area contributed by atoms with E-state index in [0.29, 0.717) is 17.5 Å². The van der Waals surface area contributed by atoms with Gasteiger partial charge in [0.25, 0.3) is 0 Å². The first-order valence-corrected chi connectivity index (χ1v) is 25.4. The fourth-order valence-electron chi connectivity index (χ4n) is 11.9. The van der Waals surface area contributed by atoms with Crippen molar-refractivity contribution in [1.82, 2.24) is 29.1 Å². The van der Waals surface area contributed by atoms with Gasteiger partial charge in [0, 0.05) is 61.9 Å². The molecular formula is C68H52N6. The molecule has 9 aromatic carbocycles. The van der Waals surface area contributed by atoms with Crippen molar-refractivity contribution in [2.75, 3.05) is 0 Å². The zero-order valence-electron chi connectivity index (χ0n) is 42.3. The molecule has 4 heterocycles. The van der Waals surface area contributed by atoms with Gasteiger partial charge in [-0.2, -0.15) is 0 Å². The fraction of sp³-hybridized carbons (Fsp3) is 0.0882. The zero-order valence-corrected chi connectivity index (χ0v) is 42.3. The Morgan fingerprint density at radius 3 is 1.32 bits per heavy atom. The first-order valence-electron chi connectivity index (χ1n) is 25.4. The molecule has 6 nitrogen and oxygen atoms in total. The van der Waals surface area contributed by atoms with Crippen LogP contribution in [-0.4, -0.2) is 29.1 Å². The maximum absolute atomic E-state index is 5.33.